The number of amides is 1. The van der Waals surface area contributed by atoms with Crippen molar-refractivity contribution in [2.75, 3.05) is 26.3 Å². The van der Waals surface area contributed by atoms with Crippen molar-refractivity contribution in [3.8, 4) is 0 Å². The van der Waals surface area contributed by atoms with Gasteiger partial charge in [0, 0.05) is 28.7 Å². The van der Waals surface area contributed by atoms with Gasteiger partial charge in [-0.3, -0.25) is 4.79 Å². The van der Waals surface area contributed by atoms with Crippen LogP contribution in [0.1, 0.15) is 34.5 Å². The Morgan fingerprint density at radius 1 is 1.14 bits per heavy atom. The lowest BCUT2D eigenvalue weighted by Gasteiger charge is -2.26. The molecule has 156 valence electrons. The van der Waals surface area contributed by atoms with Crippen LogP contribution in [-0.4, -0.2) is 44.9 Å². The second kappa shape index (κ2) is 9.02. The Hall–Kier alpha value is -1.64. The molecule has 1 heterocycles. The van der Waals surface area contributed by atoms with Crippen molar-refractivity contribution < 1.29 is 17.9 Å². The highest BCUT2D eigenvalue weighted by atomic mass is 35.5. The second-order valence-electron chi connectivity index (χ2n) is 6.85. The van der Waals surface area contributed by atoms with E-state index in [1.54, 1.807) is 38.1 Å². The summed E-state index contributed by atoms with van der Waals surface area (Å²) >= 11 is 12.2. The minimum Gasteiger partial charge on any atom is -0.379 e. The Kier molecular flexibility index (Phi) is 6.86. The summed E-state index contributed by atoms with van der Waals surface area (Å²) in [6.45, 7) is 4.87. The maximum Gasteiger partial charge on any atom is 0.252 e. The molecule has 2 aromatic rings. The summed E-state index contributed by atoms with van der Waals surface area (Å²) in [7, 11) is -3.69. The minimum atomic E-state index is -3.69. The molecule has 1 N–H and O–H groups in total. The van der Waals surface area contributed by atoms with Gasteiger partial charge in [0.25, 0.3) is 5.91 Å². The average Bonchev–Trinajstić information content (AvgIpc) is 2.68. The van der Waals surface area contributed by atoms with E-state index in [1.165, 1.54) is 16.4 Å². The van der Waals surface area contributed by atoms with E-state index in [-0.39, 0.29) is 16.8 Å². The zero-order chi connectivity index (χ0) is 21.2. The third-order valence-electron chi connectivity index (χ3n) is 4.84. The van der Waals surface area contributed by atoms with E-state index in [2.05, 4.69) is 5.32 Å². The largest absolute Gasteiger partial charge is 0.379 e. The van der Waals surface area contributed by atoms with Crippen LogP contribution in [0.25, 0.3) is 0 Å². The van der Waals surface area contributed by atoms with Crippen LogP contribution in [0.4, 0.5) is 0 Å². The highest BCUT2D eigenvalue weighted by molar-refractivity contribution is 7.89. The molecule has 0 spiro atoms. The predicted octanol–water partition coefficient (Wildman–Crippen LogP) is 3.81. The predicted molar refractivity (Wildman–Crippen MR) is 113 cm³/mol. The fourth-order valence-corrected chi connectivity index (χ4v) is 5.15. The van der Waals surface area contributed by atoms with Crippen molar-refractivity contribution in [1.82, 2.24) is 9.62 Å². The van der Waals surface area contributed by atoms with Crippen LogP contribution in [-0.2, 0) is 14.8 Å². The molecular formula is C20H22Cl2N2O4S. The van der Waals surface area contributed by atoms with Gasteiger partial charge in [0.15, 0.2) is 0 Å². The molecule has 1 saturated heterocycles. The molecule has 0 radical (unpaired) electrons. The van der Waals surface area contributed by atoms with E-state index in [0.717, 1.165) is 5.56 Å². The lowest BCUT2D eigenvalue weighted by Crippen LogP contribution is -2.40. The monoisotopic (exact) mass is 456 g/mol. The molecule has 0 aromatic heterocycles. The zero-order valence-electron chi connectivity index (χ0n) is 16.1. The van der Waals surface area contributed by atoms with Crippen LogP contribution < -0.4 is 5.32 Å². The number of hydrogen-bond donors (Lipinski definition) is 1. The van der Waals surface area contributed by atoms with Gasteiger partial charge in [-0.15, -0.1) is 0 Å². The second-order valence-corrected chi connectivity index (χ2v) is 9.64. The van der Waals surface area contributed by atoms with E-state index in [0.29, 0.717) is 47.5 Å². The van der Waals surface area contributed by atoms with Gasteiger partial charge >= 0.3 is 0 Å². The molecule has 0 saturated carbocycles. The number of hydrogen-bond acceptors (Lipinski definition) is 4. The summed E-state index contributed by atoms with van der Waals surface area (Å²) in [5.74, 6) is -0.375. The Morgan fingerprint density at radius 3 is 2.48 bits per heavy atom. The summed E-state index contributed by atoms with van der Waals surface area (Å²) in [5.41, 5.74) is 1.70. The summed E-state index contributed by atoms with van der Waals surface area (Å²) in [6, 6.07) is 9.27. The van der Waals surface area contributed by atoms with Gasteiger partial charge in [-0.25, -0.2) is 8.42 Å². The lowest BCUT2D eigenvalue weighted by molar-refractivity contribution is 0.0730. The van der Waals surface area contributed by atoms with Crippen molar-refractivity contribution in [2.24, 2.45) is 0 Å². The third kappa shape index (κ3) is 4.92. The number of ether oxygens (including phenoxy) is 1. The van der Waals surface area contributed by atoms with Crippen LogP contribution in [0.2, 0.25) is 10.0 Å². The molecule has 1 fully saturated rings. The number of sulfonamides is 1. The summed E-state index contributed by atoms with van der Waals surface area (Å²) < 4.78 is 32.4. The summed E-state index contributed by atoms with van der Waals surface area (Å²) in [6.07, 6.45) is 0. The number of carbonyl (C=O) groups excluding carboxylic acids is 1. The van der Waals surface area contributed by atoms with Gasteiger partial charge in [-0.2, -0.15) is 4.31 Å². The number of rotatable bonds is 5. The average molecular weight is 457 g/mol. The lowest BCUT2D eigenvalue weighted by atomic mass is 10.1. The first-order valence-corrected chi connectivity index (χ1v) is 11.3. The molecule has 0 bridgehead atoms. The Balaban J connectivity index is 1.84. The molecule has 1 amide bonds. The fourth-order valence-electron chi connectivity index (χ4n) is 3.15. The van der Waals surface area contributed by atoms with Gasteiger partial charge in [0.05, 0.1) is 24.2 Å². The van der Waals surface area contributed by atoms with Crippen molar-refractivity contribution in [3.05, 3.63) is 63.1 Å². The maximum atomic E-state index is 12.9. The molecule has 3 rings (SSSR count). The van der Waals surface area contributed by atoms with Crippen LogP contribution >= 0.6 is 23.2 Å². The first kappa shape index (κ1) is 22.1. The number of benzene rings is 2. The van der Waals surface area contributed by atoms with E-state index >= 15 is 0 Å². The van der Waals surface area contributed by atoms with E-state index < -0.39 is 10.0 Å². The first-order chi connectivity index (χ1) is 13.7. The standard InChI is InChI=1S/C20H22Cl2N2O4S/c1-13-3-5-16(29(26,27)24-7-9-28-10-8-24)12-18(13)20(25)23-14(2)17-6-4-15(21)11-19(17)22/h3-6,11-12,14H,7-10H2,1-2H3,(H,23,25). The molecule has 0 aliphatic carbocycles. The van der Waals surface area contributed by atoms with E-state index in [1.807, 2.05) is 0 Å². The number of morpholine rings is 1. The SMILES string of the molecule is Cc1ccc(S(=O)(=O)N2CCOCC2)cc1C(=O)NC(C)c1ccc(Cl)cc1Cl. The third-order valence-corrected chi connectivity index (χ3v) is 7.30. The Morgan fingerprint density at radius 2 is 1.83 bits per heavy atom. The molecule has 2 aromatic carbocycles. The van der Waals surface area contributed by atoms with Crippen LogP contribution in [0, 0.1) is 6.92 Å². The van der Waals surface area contributed by atoms with E-state index in [9.17, 15) is 13.2 Å². The number of nitrogens with zero attached hydrogens (tertiary/aromatic N) is 1. The highest BCUT2D eigenvalue weighted by Crippen LogP contribution is 2.27. The number of aryl methyl sites for hydroxylation is 1. The van der Waals surface area contributed by atoms with Gasteiger partial charge in [-0.1, -0.05) is 35.3 Å². The minimum absolute atomic E-state index is 0.0901. The van der Waals surface area contributed by atoms with Gasteiger partial charge in [0.1, 0.15) is 0 Å². The molecule has 1 aliphatic heterocycles. The smallest absolute Gasteiger partial charge is 0.252 e. The Bertz CT molecular complexity index is 1020. The Labute approximate surface area is 180 Å². The molecule has 1 atom stereocenters. The number of nitrogens with one attached hydrogen (secondary N) is 1. The van der Waals surface area contributed by atoms with Gasteiger partial charge in [0.2, 0.25) is 10.0 Å². The van der Waals surface area contributed by atoms with E-state index in [4.69, 9.17) is 27.9 Å². The number of halogens is 2. The molecular weight excluding hydrogens is 435 g/mol. The normalized spacial score (nSPS) is 16.4. The first-order valence-electron chi connectivity index (χ1n) is 9.14. The number of carbonyl (C=O) groups is 1. The molecule has 6 nitrogen and oxygen atoms in total. The topological polar surface area (TPSA) is 75.7 Å². The van der Waals surface area contributed by atoms with Crippen molar-refractivity contribution >= 4 is 39.1 Å². The highest BCUT2D eigenvalue weighted by Gasteiger charge is 2.27. The summed E-state index contributed by atoms with van der Waals surface area (Å²) in [4.78, 5) is 13.0. The van der Waals surface area contributed by atoms with Crippen LogP contribution in [0.3, 0.4) is 0 Å². The summed E-state index contributed by atoms with van der Waals surface area (Å²) in [5, 5.41) is 3.84. The van der Waals surface area contributed by atoms with Crippen molar-refractivity contribution in [2.45, 2.75) is 24.8 Å². The van der Waals surface area contributed by atoms with Crippen LogP contribution in [0.15, 0.2) is 41.3 Å². The van der Waals surface area contributed by atoms with Gasteiger partial charge < -0.3 is 10.1 Å². The van der Waals surface area contributed by atoms with Crippen molar-refractivity contribution in [3.63, 3.8) is 0 Å². The van der Waals surface area contributed by atoms with Crippen molar-refractivity contribution in [1.29, 1.82) is 0 Å². The molecule has 9 heteroatoms. The fraction of sp³-hybridized carbons (Fsp3) is 0.350. The molecule has 1 aliphatic rings. The molecule has 29 heavy (non-hydrogen) atoms. The maximum absolute atomic E-state index is 12.9. The molecule has 1 unspecified atom stereocenters. The van der Waals surface area contributed by atoms with Crippen LogP contribution in [0.5, 0.6) is 0 Å². The van der Waals surface area contributed by atoms with Gasteiger partial charge in [-0.05, 0) is 49.2 Å². The quantitative estimate of drug-likeness (QED) is 0.741. The zero-order valence-corrected chi connectivity index (χ0v) is 18.4.